The van der Waals surface area contributed by atoms with E-state index in [0.717, 1.165) is 53.5 Å². The van der Waals surface area contributed by atoms with Gasteiger partial charge in [0.25, 0.3) is 0 Å². The molecule has 7 nitrogen and oxygen atoms in total. The van der Waals surface area contributed by atoms with Gasteiger partial charge in [-0.25, -0.2) is 13.1 Å². The van der Waals surface area contributed by atoms with Crippen molar-refractivity contribution < 1.29 is 13.2 Å². The lowest BCUT2D eigenvalue weighted by Gasteiger charge is -2.51. The van der Waals surface area contributed by atoms with Crippen molar-refractivity contribution in [1.29, 1.82) is 0 Å². The van der Waals surface area contributed by atoms with E-state index in [4.69, 9.17) is 4.74 Å². The minimum atomic E-state index is -3.93. The largest absolute Gasteiger partial charge is 0.497 e. The zero-order valence-corrected chi connectivity index (χ0v) is 22.5. The number of sulfonamides is 1. The van der Waals surface area contributed by atoms with Gasteiger partial charge in [-0.15, -0.1) is 6.58 Å². The van der Waals surface area contributed by atoms with Crippen molar-refractivity contribution in [2.45, 2.75) is 36.7 Å². The Morgan fingerprint density at radius 2 is 2.05 bits per heavy atom. The minimum Gasteiger partial charge on any atom is -0.497 e. The number of aromatic nitrogens is 2. The van der Waals surface area contributed by atoms with E-state index in [1.54, 1.807) is 25.4 Å². The summed E-state index contributed by atoms with van der Waals surface area (Å²) in [5.74, 6) is 1.62. The molecule has 38 heavy (non-hydrogen) atoms. The van der Waals surface area contributed by atoms with Crippen molar-refractivity contribution in [3.8, 4) is 5.75 Å². The Morgan fingerprint density at radius 3 is 2.82 bits per heavy atom. The molecule has 2 bridgehead atoms. The van der Waals surface area contributed by atoms with Crippen LogP contribution in [0.5, 0.6) is 5.75 Å². The van der Waals surface area contributed by atoms with Crippen LogP contribution >= 0.6 is 0 Å². The lowest BCUT2D eigenvalue weighted by Crippen LogP contribution is -2.57. The van der Waals surface area contributed by atoms with E-state index in [1.165, 1.54) is 0 Å². The van der Waals surface area contributed by atoms with Crippen LogP contribution in [0.25, 0.3) is 21.8 Å². The summed E-state index contributed by atoms with van der Waals surface area (Å²) in [5.41, 5.74) is 2.96. The summed E-state index contributed by atoms with van der Waals surface area (Å²) in [5, 5.41) is 1.68. The first-order valence-electron chi connectivity index (χ1n) is 13.1. The van der Waals surface area contributed by atoms with Gasteiger partial charge >= 0.3 is 0 Å². The molecule has 0 spiro atoms. The van der Waals surface area contributed by atoms with Crippen LogP contribution in [-0.2, 0) is 10.0 Å². The van der Waals surface area contributed by atoms with E-state index in [2.05, 4.69) is 32.2 Å². The third-order valence-electron chi connectivity index (χ3n) is 8.25. The Hall–Kier alpha value is -3.33. The molecule has 7 rings (SSSR count). The fourth-order valence-corrected chi connectivity index (χ4v) is 7.70. The number of fused-ring (bicyclic) bond motifs is 5. The van der Waals surface area contributed by atoms with Crippen LogP contribution in [0.15, 0.2) is 78.3 Å². The number of benzene rings is 2. The third-order valence-corrected chi connectivity index (χ3v) is 9.72. The molecule has 3 saturated heterocycles. The monoisotopic (exact) mass is 528 g/mol. The first kappa shape index (κ1) is 25.0. The van der Waals surface area contributed by atoms with Crippen LogP contribution in [0, 0.1) is 18.8 Å². The first-order valence-corrected chi connectivity index (χ1v) is 14.5. The standard InChI is InChI=1S/C30H32N4O3S/c1-4-20-18-34-15-13-22(20)16-27(34)30(24-12-14-31-26-11-10-23(37-3)17-25(24)26)33-38(35,36)28-7-5-6-21-9-8-19(2)32-29(21)28/h4-12,14,17,20,22,27,30,33H,1,13,15-16,18H2,2-3H3/t20?,22?,27-,30-/m0/s1. The third kappa shape index (κ3) is 4.36. The van der Waals surface area contributed by atoms with E-state index in [-0.39, 0.29) is 10.9 Å². The van der Waals surface area contributed by atoms with Crippen molar-refractivity contribution in [2.24, 2.45) is 11.8 Å². The second-order valence-electron chi connectivity index (χ2n) is 10.4. The molecule has 3 fully saturated rings. The maximum atomic E-state index is 14.1. The smallest absolute Gasteiger partial charge is 0.243 e. The van der Waals surface area contributed by atoms with Crippen molar-refractivity contribution in [2.75, 3.05) is 20.2 Å². The lowest BCUT2D eigenvalue weighted by molar-refractivity contribution is 0.00490. The van der Waals surface area contributed by atoms with Gasteiger partial charge in [0, 0.05) is 35.2 Å². The molecule has 4 aromatic rings. The van der Waals surface area contributed by atoms with Crippen LogP contribution in [0.3, 0.4) is 0 Å². The SMILES string of the molecule is C=CC1CN2CCC1C[C@H]2[C@@H](NS(=O)(=O)c1cccc2ccc(C)nc12)c1ccnc2ccc(OC)cc12. The van der Waals surface area contributed by atoms with Gasteiger partial charge in [0.1, 0.15) is 10.6 Å². The van der Waals surface area contributed by atoms with E-state index >= 15 is 0 Å². The number of aryl methyl sites for hydroxylation is 1. The quantitative estimate of drug-likeness (QED) is 0.339. The summed E-state index contributed by atoms with van der Waals surface area (Å²) in [4.78, 5) is 11.8. The molecular formula is C30H32N4O3S. The molecule has 0 radical (unpaired) electrons. The van der Waals surface area contributed by atoms with Gasteiger partial charge in [0.2, 0.25) is 10.0 Å². The number of para-hydroxylation sites is 1. The van der Waals surface area contributed by atoms with Crippen molar-refractivity contribution in [1.82, 2.24) is 19.6 Å². The lowest BCUT2D eigenvalue weighted by atomic mass is 9.73. The molecule has 3 aliphatic rings. The zero-order valence-electron chi connectivity index (χ0n) is 21.7. The molecule has 5 heterocycles. The zero-order chi connectivity index (χ0) is 26.4. The van der Waals surface area contributed by atoms with Gasteiger partial charge in [0.15, 0.2) is 0 Å². The molecule has 0 amide bonds. The summed E-state index contributed by atoms with van der Waals surface area (Å²) in [6.45, 7) is 7.76. The average molecular weight is 529 g/mol. The number of hydrogen-bond acceptors (Lipinski definition) is 6. The summed E-state index contributed by atoms with van der Waals surface area (Å²) in [6, 6.07) is 16.3. The molecule has 3 unspecified atom stereocenters. The van der Waals surface area contributed by atoms with Crippen LogP contribution in [-0.4, -0.2) is 49.5 Å². The highest BCUT2D eigenvalue weighted by Crippen LogP contribution is 2.43. The highest BCUT2D eigenvalue weighted by atomic mass is 32.2. The second-order valence-corrected chi connectivity index (χ2v) is 12.1. The molecule has 2 aromatic carbocycles. The number of ether oxygens (including phenoxy) is 1. The first-order chi connectivity index (χ1) is 18.4. The highest BCUT2D eigenvalue weighted by molar-refractivity contribution is 7.89. The van der Waals surface area contributed by atoms with Crippen LogP contribution in [0.2, 0.25) is 0 Å². The highest BCUT2D eigenvalue weighted by Gasteiger charge is 2.44. The Bertz CT molecular complexity index is 1640. The summed E-state index contributed by atoms with van der Waals surface area (Å²) in [6.07, 6.45) is 5.81. The molecular weight excluding hydrogens is 496 g/mol. The molecule has 0 aliphatic carbocycles. The number of nitrogens with one attached hydrogen (secondary N) is 1. The Kier molecular flexibility index (Phi) is 6.42. The van der Waals surface area contributed by atoms with Gasteiger partial charge < -0.3 is 4.74 Å². The van der Waals surface area contributed by atoms with Crippen molar-refractivity contribution in [3.63, 3.8) is 0 Å². The normalized spacial score (nSPS) is 23.9. The van der Waals surface area contributed by atoms with E-state index in [0.29, 0.717) is 23.1 Å². The van der Waals surface area contributed by atoms with Gasteiger partial charge in [0.05, 0.1) is 24.2 Å². The maximum absolute atomic E-state index is 14.1. The number of nitrogens with zero attached hydrogens (tertiary/aromatic N) is 3. The summed E-state index contributed by atoms with van der Waals surface area (Å²) >= 11 is 0. The van der Waals surface area contributed by atoms with Gasteiger partial charge in [-0.05, 0) is 80.1 Å². The number of methoxy groups -OCH3 is 1. The van der Waals surface area contributed by atoms with Crippen molar-refractivity contribution >= 4 is 31.8 Å². The van der Waals surface area contributed by atoms with Crippen LogP contribution in [0.4, 0.5) is 0 Å². The summed E-state index contributed by atoms with van der Waals surface area (Å²) < 4.78 is 37.0. The molecule has 196 valence electrons. The van der Waals surface area contributed by atoms with Gasteiger partial charge in [-0.2, -0.15) is 0 Å². The van der Waals surface area contributed by atoms with E-state index in [9.17, 15) is 8.42 Å². The molecule has 0 saturated carbocycles. The maximum Gasteiger partial charge on any atom is 0.243 e. The van der Waals surface area contributed by atoms with Crippen LogP contribution in [0.1, 0.15) is 30.1 Å². The molecule has 3 aliphatic heterocycles. The Morgan fingerprint density at radius 1 is 1.18 bits per heavy atom. The number of piperidine rings is 3. The average Bonchev–Trinajstić information content (AvgIpc) is 2.95. The van der Waals surface area contributed by atoms with Crippen molar-refractivity contribution in [3.05, 3.63) is 84.7 Å². The topological polar surface area (TPSA) is 84.4 Å². The number of pyridine rings is 2. The second kappa shape index (κ2) is 9.76. The Balaban J connectivity index is 1.49. The van der Waals surface area contributed by atoms with E-state index < -0.39 is 16.1 Å². The molecule has 5 atom stereocenters. The predicted octanol–water partition coefficient (Wildman–Crippen LogP) is 5.02. The van der Waals surface area contributed by atoms with Gasteiger partial charge in [-0.1, -0.05) is 24.3 Å². The summed E-state index contributed by atoms with van der Waals surface area (Å²) in [7, 11) is -2.30. The van der Waals surface area contributed by atoms with Crippen LogP contribution < -0.4 is 9.46 Å². The molecule has 1 N–H and O–H groups in total. The Labute approximate surface area is 223 Å². The number of hydrogen-bond donors (Lipinski definition) is 1. The minimum absolute atomic E-state index is 0.00111. The van der Waals surface area contributed by atoms with Gasteiger partial charge in [-0.3, -0.25) is 14.9 Å². The fourth-order valence-electron chi connectivity index (χ4n) is 6.28. The number of rotatable bonds is 7. The fraction of sp³-hybridized carbons (Fsp3) is 0.333. The molecule has 2 aromatic heterocycles. The van der Waals surface area contributed by atoms with E-state index in [1.807, 2.05) is 49.4 Å². The molecule has 8 heteroatoms. The predicted molar refractivity (Wildman–Crippen MR) is 150 cm³/mol.